The van der Waals surface area contributed by atoms with Crippen LogP contribution >= 0.6 is 12.9 Å². The van der Waals surface area contributed by atoms with Crippen LogP contribution in [0.25, 0.3) is 28.3 Å². The SMILES string of the molecule is COc1ccc2oc(C=C3Oc4ccc(-c5ccccc5)cc4N3CCCCS(=O)(=O)O)[n+](CCCCOOOS)c2c1. The fourth-order valence-corrected chi connectivity index (χ4v) is 5.55. The van der Waals surface area contributed by atoms with Gasteiger partial charge in [-0.2, -0.15) is 13.0 Å². The first kappa shape index (κ1) is 30.9. The summed E-state index contributed by atoms with van der Waals surface area (Å²) < 4.78 is 56.1. The second-order valence-electron chi connectivity index (χ2n) is 9.88. The Kier molecular flexibility index (Phi) is 10.2. The van der Waals surface area contributed by atoms with Crippen molar-refractivity contribution in [1.82, 2.24) is 0 Å². The van der Waals surface area contributed by atoms with E-state index < -0.39 is 10.1 Å². The van der Waals surface area contributed by atoms with Crippen molar-refractivity contribution in [2.75, 3.05) is 30.9 Å². The highest BCUT2D eigenvalue weighted by Crippen LogP contribution is 2.42. The van der Waals surface area contributed by atoms with Crippen LogP contribution in [0.5, 0.6) is 11.5 Å². The second-order valence-corrected chi connectivity index (χ2v) is 11.6. The zero-order valence-corrected chi connectivity index (χ0v) is 25.3. The molecule has 0 saturated heterocycles. The number of aryl methyl sites for hydroxylation is 1. The molecule has 4 aromatic rings. The van der Waals surface area contributed by atoms with E-state index in [0.29, 0.717) is 67.8 Å². The van der Waals surface area contributed by atoms with E-state index in [0.717, 1.165) is 28.8 Å². The van der Waals surface area contributed by atoms with Gasteiger partial charge in [-0.3, -0.25) is 4.55 Å². The molecule has 228 valence electrons. The molecule has 0 fully saturated rings. The molecule has 3 aromatic carbocycles. The van der Waals surface area contributed by atoms with Crippen LogP contribution in [0.3, 0.4) is 0 Å². The molecule has 0 unspecified atom stereocenters. The molecule has 0 saturated carbocycles. The van der Waals surface area contributed by atoms with Gasteiger partial charge >= 0.3 is 5.89 Å². The van der Waals surface area contributed by atoms with Gasteiger partial charge in [-0.1, -0.05) is 41.4 Å². The van der Waals surface area contributed by atoms with Gasteiger partial charge in [0.1, 0.15) is 11.8 Å². The molecule has 1 aliphatic heterocycles. The number of unbranched alkanes of at least 4 members (excludes halogenated alkanes) is 2. The lowest BCUT2D eigenvalue weighted by Gasteiger charge is -2.18. The number of hydrogen-bond donors (Lipinski definition) is 2. The summed E-state index contributed by atoms with van der Waals surface area (Å²) in [6.07, 6.45) is 4.06. The molecule has 0 spiro atoms. The van der Waals surface area contributed by atoms with Gasteiger partial charge in [-0.05, 0) is 54.7 Å². The number of benzene rings is 3. The molecule has 5 rings (SSSR count). The Hall–Kier alpha value is -3.59. The van der Waals surface area contributed by atoms with E-state index in [1.54, 1.807) is 7.11 Å². The van der Waals surface area contributed by atoms with Gasteiger partial charge in [0.25, 0.3) is 15.6 Å². The lowest BCUT2D eigenvalue weighted by Crippen LogP contribution is -2.36. The predicted octanol–water partition coefficient (Wildman–Crippen LogP) is 5.77. The molecule has 43 heavy (non-hydrogen) atoms. The lowest BCUT2D eigenvalue weighted by molar-refractivity contribution is -0.678. The van der Waals surface area contributed by atoms with Crippen LogP contribution in [-0.4, -0.2) is 39.0 Å². The van der Waals surface area contributed by atoms with Crippen molar-refractivity contribution in [2.45, 2.75) is 32.2 Å². The van der Waals surface area contributed by atoms with E-state index in [1.807, 2.05) is 76.2 Å². The summed E-state index contributed by atoms with van der Waals surface area (Å²) in [4.78, 5) is 6.89. The van der Waals surface area contributed by atoms with E-state index in [9.17, 15) is 13.0 Å². The summed E-state index contributed by atoms with van der Waals surface area (Å²) in [5.74, 6) is 2.16. The fraction of sp³-hybridized carbons (Fsp3) is 0.300. The average Bonchev–Trinajstić information content (AvgIpc) is 3.53. The number of aromatic nitrogens is 1. The summed E-state index contributed by atoms with van der Waals surface area (Å²) in [6.45, 7) is 1.38. The zero-order chi connectivity index (χ0) is 30.2. The summed E-state index contributed by atoms with van der Waals surface area (Å²) in [7, 11) is -2.43. The maximum absolute atomic E-state index is 11.3. The summed E-state index contributed by atoms with van der Waals surface area (Å²) in [5, 5.41) is 4.37. The zero-order valence-electron chi connectivity index (χ0n) is 23.5. The number of methoxy groups -OCH3 is 1. The molecule has 1 N–H and O–H groups in total. The number of thiol groups is 1. The van der Waals surface area contributed by atoms with Crippen LogP contribution in [0.1, 0.15) is 31.6 Å². The fourth-order valence-electron chi connectivity index (χ4n) is 4.94. The highest BCUT2D eigenvalue weighted by atomic mass is 32.2. The van der Waals surface area contributed by atoms with Crippen LogP contribution in [-0.2, 0) is 30.9 Å². The Labute approximate surface area is 255 Å². The van der Waals surface area contributed by atoms with Crippen molar-refractivity contribution in [3.63, 3.8) is 0 Å². The smallest absolute Gasteiger partial charge is 0.379 e. The number of nitrogens with zero attached hydrogens (tertiary/aromatic N) is 2. The topological polar surface area (TPSA) is 121 Å². The minimum absolute atomic E-state index is 0.296. The molecular weight excluding hydrogens is 596 g/mol. The average molecular weight is 630 g/mol. The second kappa shape index (κ2) is 14.3. The van der Waals surface area contributed by atoms with E-state index in [1.165, 1.54) is 0 Å². The Bertz CT molecular complexity index is 1670. The summed E-state index contributed by atoms with van der Waals surface area (Å²) in [6, 6.07) is 21.6. The quantitative estimate of drug-likeness (QED) is 0.0319. The van der Waals surface area contributed by atoms with Crippen LogP contribution in [0.2, 0.25) is 0 Å². The van der Waals surface area contributed by atoms with E-state index in [-0.39, 0.29) is 5.75 Å². The van der Waals surface area contributed by atoms with Gasteiger partial charge in [0.15, 0.2) is 12.3 Å². The van der Waals surface area contributed by atoms with Crippen LogP contribution < -0.4 is 18.9 Å². The maximum Gasteiger partial charge on any atom is 0.379 e. The Morgan fingerprint density at radius 3 is 2.60 bits per heavy atom. The molecule has 0 atom stereocenters. The molecular formula is C30H33N2O9S2+. The van der Waals surface area contributed by atoms with Crippen molar-refractivity contribution in [3.8, 4) is 22.6 Å². The number of fused-ring (bicyclic) bond motifs is 2. The van der Waals surface area contributed by atoms with Crippen LogP contribution in [0.15, 0.2) is 77.0 Å². The number of rotatable bonds is 15. The molecule has 0 bridgehead atoms. The van der Waals surface area contributed by atoms with Crippen molar-refractivity contribution >= 4 is 45.9 Å². The van der Waals surface area contributed by atoms with E-state index >= 15 is 0 Å². The van der Waals surface area contributed by atoms with E-state index in [4.69, 9.17) is 18.8 Å². The molecule has 11 nitrogen and oxygen atoms in total. The van der Waals surface area contributed by atoms with Crippen molar-refractivity contribution in [1.29, 1.82) is 0 Å². The largest absolute Gasteiger partial charge is 0.497 e. The third kappa shape index (κ3) is 7.88. The van der Waals surface area contributed by atoms with Gasteiger partial charge in [-0.25, -0.2) is 4.89 Å². The normalized spacial score (nSPS) is 13.9. The third-order valence-corrected chi connectivity index (χ3v) is 7.86. The summed E-state index contributed by atoms with van der Waals surface area (Å²) in [5.41, 5.74) is 4.47. The first-order valence-electron chi connectivity index (χ1n) is 13.8. The molecule has 1 aromatic heterocycles. The maximum atomic E-state index is 11.3. The monoisotopic (exact) mass is 629 g/mol. The number of hydrogen-bond acceptors (Lipinski definition) is 10. The van der Waals surface area contributed by atoms with Crippen molar-refractivity contribution < 1.29 is 45.7 Å². The standard InChI is InChI=1S/C30H32N2O9S2/c1-36-24-12-14-28-26(20-24)32(15-5-7-17-37-40-41-42)30(39-28)21-29-31(16-6-8-18-43(33,34)35)25-19-23(11-13-27(25)38-29)22-9-3-2-4-10-22/h2-4,9-14,19-21H,5-8,15-18H2,1H3,(H-,33,34,35,42)/p+1. The number of anilines is 1. The molecule has 1 aliphatic rings. The predicted molar refractivity (Wildman–Crippen MR) is 163 cm³/mol. The minimum Gasteiger partial charge on any atom is -0.497 e. The molecule has 0 radical (unpaired) electrons. The molecule has 0 aliphatic carbocycles. The highest BCUT2D eigenvalue weighted by molar-refractivity contribution is 7.85. The van der Waals surface area contributed by atoms with Gasteiger partial charge in [0.05, 0.1) is 31.2 Å². The lowest BCUT2D eigenvalue weighted by atomic mass is 10.0. The van der Waals surface area contributed by atoms with Crippen molar-refractivity contribution in [3.05, 3.63) is 78.5 Å². The minimum atomic E-state index is -4.05. The van der Waals surface area contributed by atoms with E-state index in [2.05, 4.69) is 28.3 Å². The summed E-state index contributed by atoms with van der Waals surface area (Å²) >= 11 is 3.48. The van der Waals surface area contributed by atoms with Crippen LogP contribution in [0.4, 0.5) is 5.69 Å². The molecule has 2 heterocycles. The first-order valence-corrected chi connectivity index (χ1v) is 15.8. The van der Waals surface area contributed by atoms with Gasteiger partial charge in [0.2, 0.25) is 11.5 Å². The molecule has 13 heteroatoms. The third-order valence-electron chi connectivity index (χ3n) is 6.99. The van der Waals surface area contributed by atoms with Crippen molar-refractivity contribution in [2.24, 2.45) is 0 Å². The van der Waals surface area contributed by atoms with Gasteiger partial charge in [0, 0.05) is 25.9 Å². The van der Waals surface area contributed by atoms with Crippen LogP contribution in [0, 0.1) is 0 Å². The van der Waals surface area contributed by atoms with Gasteiger partial charge < -0.3 is 18.8 Å². The van der Waals surface area contributed by atoms with Gasteiger partial charge in [-0.15, -0.1) is 4.33 Å². The Morgan fingerprint density at radius 1 is 1.00 bits per heavy atom. The highest BCUT2D eigenvalue weighted by Gasteiger charge is 2.30. The molecule has 0 amide bonds. The Balaban J connectivity index is 1.48. The Morgan fingerprint density at radius 2 is 1.84 bits per heavy atom. The number of ether oxygens (including phenoxy) is 2. The number of oxazole rings is 1. The first-order chi connectivity index (χ1) is 20.9.